The second-order valence-electron chi connectivity index (χ2n) is 8.66. The molecule has 0 unspecified atom stereocenters. The first kappa shape index (κ1) is 26.4. The van der Waals surface area contributed by atoms with Crippen LogP contribution in [0.2, 0.25) is 0 Å². The van der Waals surface area contributed by atoms with Crippen molar-refractivity contribution in [2.75, 3.05) is 19.8 Å². The van der Waals surface area contributed by atoms with Gasteiger partial charge in [0, 0.05) is 25.3 Å². The molecule has 0 bridgehead atoms. The standard InChI is InChI=1S/C25H34N2O3S.ClH/c1-25(2,14-7-4-8-17-30-18-13-19-9-5-3-6-10-19)20-11-12-21-22(23(20)28)27(16-15-26)24(29)31-21;/h3,5-6,9-12,28H,4,7-8,13-18,26H2,1-2H3;1H. The number of aromatic nitrogens is 1. The highest BCUT2D eigenvalue weighted by molar-refractivity contribution is 7.16. The lowest BCUT2D eigenvalue weighted by Crippen LogP contribution is -2.20. The Bertz CT molecular complexity index is 1030. The molecular formula is C25H35ClN2O3S. The minimum Gasteiger partial charge on any atom is -0.505 e. The van der Waals surface area contributed by atoms with Gasteiger partial charge in [-0.3, -0.25) is 9.36 Å². The van der Waals surface area contributed by atoms with Gasteiger partial charge >= 0.3 is 4.87 Å². The lowest BCUT2D eigenvalue weighted by Gasteiger charge is -2.26. The lowest BCUT2D eigenvalue weighted by molar-refractivity contribution is 0.132. The van der Waals surface area contributed by atoms with Crippen LogP contribution >= 0.6 is 23.7 Å². The van der Waals surface area contributed by atoms with Crippen molar-refractivity contribution in [2.45, 2.75) is 57.9 Å². The summed E-state index contributed by atoms with van der Waals surface area (Å²) in [6.07, 6.45) is 5.10. The molecule has 2 aromatic carbocycles. The Morgan fingerprint density at radius 2 is 1.81 bits per heavy atom. The van der Waals surface area contributed by atoms with Crippen LogP contribution in [0.15, 0.2) is 47.3 Å². The lowest BCUT2D eigenvalue weighted by atomic mass is 9.79. The predicted octanol–water partition coefficient (Wildman–Crippen LogP) is 5.25. The van der Waals surface area contributed by atoms with E-state index in [1.807, 2.05) is 18.2 Å². The summed E-state index contributed by atoms with van der Waals surface area (Å²) in [5.41, 5.74) is 8.30. The predicted molar refractivity (Wildman–Crippen MR) is 137 cm³/mol. The third-order valence-corrected chi connectivity index (χ3v) is 6.80. The Kier molecular flexibility index (Phi) is 10.2. The summed E-state index contributed by atoms with van der Waals surface area (Å²) in [5.74, 6) is 0.221. The van der Waals surface area contributed by atoms with E-state index in [2.05, 4.69) is 38.1 Å². The summed E-state index contributed by atoms with van der Waals surface area (Å²) in [5, 5.41) is 11.0. The Labute approximate surface area is 200 Å². The van der Waals surface area contributed by atoms with Gasteiger partial charge in [-0.2, -0.15) is 0 Å². The first-order valence-electron chi connectivity index (χ1n) is 11.1. The Hall–Kier alpha value is -1.86. The number of phenols is 1. The average molecular weight is 479 g/mol. The largest absolute Gasteiger partial charge is 0.505 e. The van der Waals surface area contributed by atoms with Crippen molar-refractivity contribution in [3.8, 4) is 5.75 Å². The molecule has 0 aliphatic rings. The zero-order valence-corrected chi connectivity index (χ0v) is 20.6. The molecule has 0 fully saturated rings. The minimum atomic E-state index is -0.183. The van der Waals surface area contributed by atoms with Crippen LogP contribution in [0.1, 0.15) is 50.7 Å². The van der Waals surface area contributed by atoms with Crippen LogP contribution in [-0.2, 0) is 23.1 Å². The zero-order chi connectivity index (χ0) is 22.3. The summed E-state index contributed by atoms with van der Waals surface area (Å²) < 4.78 is 8.19. The maximum Gasteiger partial charge on any atom is 0.308 e. The van der Waals surface area contributed by atoms with Crippen LogP contribution in [0.4, 0.5) is 0 Å². The normalized spacial score (nSPS) is 11.6. The summed E-state index contributed by atoms with van der Waals surface area (Å²) in [6.45, 7) is 6.63. The molecule has 3 aromatic rings. The highest BCUT2D eigenvalue weighted by Crippen LogP contribution is 2.40. The van der Waals surface area contributed by atoms with Crippen molar-refractivity contribution in [3.63, 3.8) is 0 Å². The van der Waals surface area contributed by atoms with Gasteiger partial charge in [0.1, 0.15) is 11.3 Å². The molecule has 0 amide bonds. The van der Waals surface area contributed by atoms with E-state index in [0.29, 0.717) is 18.6 Å². The number of hydrogen-bond acceptors (Lipinski definition) is 5. The molecule has 0 saturated carbocycles. The highest BCUT2D eigenvalue weighted by atomic mass is 35.5. The summed E-state index contributed by atoms with van der Waals surface area (Å²) >= 11 is 1.16. The van der Waals surface area contributed by atoms with E-state index >= 15 is 0 Å². The van der Waals surface area contributed by atoms with Gasteiger partial charge in [0.05, 0.1) is 11.3 Å². The maximum absolute atomic E-state index is 12.2. The first-order chi connectivity index (χ1) is 14.9. The van der Waals surface area contributed by atoms with Crippen molar-refractivity contribution in [1.82, 2.24) is 4.57 Å². The maximum atomic E-state index is 12.2. The topological polar surface area (TPSA) is 77.5 Å². The second kappa shape index (κ2) is 12.4. The van der Waals surface area contributed by atoms with Crippen LogP contribution in [-0.4, -0.2) is 29.4 Å². The minimum absolute atomic E-state index is 0. The molecule has 1 aromatic heterocycles. The average Bonchev–Trinajstić information content (AvgIpc) is 3.07. The molecule has 5 nitrogen and oxygen atoms in total. The van der Waals surface area contributed by atoms with Crippen molar-refractivity contribution >= 4 is 34.0 Å². The molecule has 0 aliphatic carbocycles. The number of halogens is 1. The summed E-state index contributed by atoms with van der Waals surface area (Å²) in [7, 11) is 0. The van der Waals surface area contributed by atoms with Gasteiger partial charge in [-0.15, -0.1) is 12.4 Å². The highest BCUT2D eigenvalue weighted by Gasteiger charge is 2.26. The molecule has 0 radical (unpaired) electrons. The van der Waals surface area contributed by atoms with E-state index in [1.165, 1.54) is 5.56 Å². The number of fused-ring (bicyclic) bond motifs is 1. The van der Waals surface area contributed by atoms with Crippen LogP contribution < -0.4 is 10.6 Å². The van der Waals surface area contributed by atoms with Gasteiger partial charge in [0.15, 0.2) is 0 Å². The third-order valence-electron chi connectivity index (χ3n) is 5.85. The van der Waals surface area contributed by atoms with Gasteiger partial charge < -0.3 is 15.6 Å². The number of rotatable bonds is 12. The number of nitrogens with zero attached hydrogens (tertiary/aromatic N) is 1. The van der Waals surface area contributed by atoms with E-state index in [0.717, 1.165) is 66.9 Å². The molecule has 3 rings (SSSR count). The first-order valence-corrected chi connectivity index (χ1v) is 11.9. The van der Waals surface area contributed by atoms with Gasteiger partial charge in [-0.05, 0) is 36.3 Å². The van der Waals surface area contributed by atoms with Crippen LogP contribution in [0.25, 0.3) is 10.2 Å². The number of unbranched alkanes of at least 4 members (excludes halogenated alkanes) is 2. The molecule has 1 heterocycles. The van der Waals surface area contributed by atoms with Crippen molar-refractivity contribution in [3.05, 3.63) is 63.3 Å². The number of nitrogens with two attached hydrogens (primary N) is 1. The van der Waals surface area contributed by atoms with E-state index in [4.69, 9.17) is 10.5 Å². The number of benzene rings is 2. The fraction of sp³-hybridized carbons (Fsp3) is 0.480. The Morgan fingerprint density at radius 1 is 1.06 bits per heavy atom. The number of hydrogen-bond donors (Lipinski definition) is 2. The Balaban J connectivity index is 0.00000363. The fourth-order valence-corrected chi connectivity index (χ4v) is 4.96. The molecule has 32 heavy (non-hydrogen) atoms. The van der Waals surface area contributed by atoms with Crippen LogP contribution in [0.5, 0.6) is 5.75 Å². The van der Waals surface area contributed by atoms with Crippen molar-refractivity contribution in [2.24, 2.45) is 5.73 Å². The monoisotopic (exact) mass is 478 g/mol. The van der Waals surface area contributed by atoms with Gasteiger partial charge in [0.2, 0.25) is 0 Å². The molecular weight excluding hydrogens is 444 g/mol. The molecule has 176 valence electrons. The molecule has 3 N–H and O–H groups in total. The van der Waals surface area contributed by atoms with Crippen LogP contribution in [0, 0.1) is 0 Å². The van der Waals surface area contributed by atoms with Gasteiger partial charge in [-0.25, -0.2) is 0 Å². The molecule has 0 spiro atoms. The van der Waals surface area contributed by atoms with Gasteiger partial charge in [-0.1, -0.05) is 74.4 Å². The van der Waals surface area contributed by atoms with Crippen molar-refractivity contribution in [1.29, 1.82) is 0 Å². The second-order valence-corrected chi connectivity index (χ2v) is 9.65. The number of phenolic OH excluding ortho intramolecular Hbond substituents is 1. The van der Waals surface area contributed by atoms with Crippen molar-refractivity contribution < 1.29 is 9.84 Å². The quantitative estimate of drug-likeness (QED) is 0.349. The molecule has 0 aliphatic heterocycles. The molecule has 0 saturated heterocycles. The fourth-order valence-electron chi connectivity index (χ4n) is 4.04. The van der Waals surface area contributed by atoms with Crippen LogP contribution in [0.3, 0.4) is 0 Å². The Morgan fingerprint density at radius 3 is 2.53 bits per heavy atom. The van der Waals surface area contributed by atoms with E-state index in [-0.39, 0.29) is 28.4 Å². The summed E-state index contributed by atoms with van der Waals surface area (Å²) in [4.78, 5) is 12.2. The smallest absolute Gasteiger partial charge is 0.308 e. The number of ether oxygens (including phenoxy) is 1. The van der Waals surface area contributed by atoms with E-state index in [9.17, 15) is 9.90 Å². The zero-order valence-electron chi connectivity index (χ0n) is 19.0. The third kappa shape index (κ3) is 6.58. The van der Waals surface area contributed by atoms with Gasteiger partial charge in [0.25, 0.3) is 0 Å². The van der Waals surface area contributed by atoms with E-state index < -0.39 is 0 Å². The number of thiazole rings is 1. The summed E-state index contributed by atoms with van der Waals surface area (Å²) in [6, 6.07) is 14.3. The molecule has 7 heteroatoms. The number of aromatic hydroxyl groups is 1. The van der Waals surface area contributed by atoms with E-state index in [1.54, 1.807) is 4.57 Å². The molecule has 0 atom stereocenters. The SMILES string of the molecule is CC(C)(CCCCCOCCc1ccccc1)c1ccc2sc(=O)n(CCN)c2c1O.Cl.